The summed E-state index contributed by atoms with van der Waals surface area (Å²) in [6, 6.07) is 1.42. The molecule has 72 valence electrons. The van der Waals surface area contributed by atoms with E-state index in [1.54, 1.807) is 0 Å². The van der Waals surface area contributed by atoms with Gasteiger partial charge >= 0.3 is 0 Å². The minimum Gasteiger partial charge on any atom is -0.311 e. The van der Waals surface area contributed by atoms with Gasteiger partial charge in [-0.05, 0) is 26.3 Å². The largest absolute Gasteiger partial charge is 0.311 e. The molecule has 0 aromatic rings. The second kappa shape index (κ2) is 4.24. The minimum atomic E-state index is 0.665. The van der Waals surface area contributed by atoms with Crippen molar-refractivity contribution in [1.29, 1.82) is 0 Å². The van der Waals surface area contributed by atoms with Crippen LogP contribution in [0.15, 0.2) is 0 Å². The van der Waals surface area contributed by atoms with Crippen LogP contribution >= 0.6 is 0 Å². The van der Waals surface area contributed by atoms with E-state index < -0.39 is 0 Å². The third-order valence-corrected chi connectivity index (χ3v) is 2.63. The molecule has 0 aliphatic carbocycles. The average molecular weight is 170 g/mol. The van der Waals surface area contributed by atoms with E-state index in [0.29, 0.717) is 6.04 Å². The van der Waals surface area contributed by atoms with Gasteiger partial charge in [-0.3, -0.25) is 0 Å². The van der Waals surface area contributed by atoms with Crippen molar-refractivity contribution < 1.29 is 0 Å². The van der Waals surface area contributed by atoms with E-state index in [2.05, 4.69) is 38.0 Å². The zero-order valence-electron chi connectivity index (χ0n) is 8.80. The van der Waals surface area contributed by atoms with E-state index in [1.807, 2.05) is 0 Å². The highest BCUT2D eigenvalue weighted by molar-refractivity contribution is 4.82. The van der Waals surface area contributed by atoms with Crippen LogP contribution in [0, 0.1) is 5.92 Å². The van der Waals surface area contributed by atoms with Gasteiger partial charge in [0.15, 0.2) is 0 Å². The van der Waals surface area contributed by atoms with Gasteiger partial charge in [-0.1, -0.05) is 13.8 Å². The van der Waals surface area contributed by atoms with Crippen molar-refractivity contribution in [2.75, 3.05) is 20.1 Å². The van der Waals surface area contributed by atoms with E-state index in [0.717, 1.165) is 18.5 Å². The fraction of sp³-hybridized carbons (Fsp3) is 1.00. The Bertz CT molecular complexity index is 134. The summed E-state index contributed by atoms with van der Waals surface area (Å²) >= 11 is 0. The second-order valence-corrected chi connectivity index (χ2v) is 4.53. The number of piperazine rings is 1. The molecule has 0 aromatic heterocycles. The van der Waals surface area contributed by atoms with Crippen LogP contribution in [-0.4, -0.2) is 37.1 Å². The Morgan fingerprint density at radius 1 is 1.50 bits per heavy atom. The molecule has 2 nitrogen and oxygen atoms in total. The molecule has 2 atom stereocenters. The Morgan fingerprint density at radius 2 is 2.17 bits per heavy atom. The summed E-state index contributed by atoms with van der Waals surface area (Å²) in [5.41, 5.74) is 0. The molecule has 0 spiro atoms. The number of likely N-dealkylation sites (N-methyl/N-ethyl adjacent to an activating group) is 1. The fourth-order valence-electron chi connectivity index (χ4n) is 1.95. The van der Waals surface area contributed by atoms with Crippen molar-refractivity contribution in [1.82, 2.24) is 10.2 Å². The van der Waals surface area contributed by atoms with Gasteiger partial charge in [0.2, 0.25) is 0 Å². The monoisotopic (exact) mass is 170 g/mol. The zero-order chi connectivity index (χ0) is 9.14. The van der Waals surface area contributed by atoms with Crippen molar-refractivity contribution in [3.8, 4) is 0 Å². The zero-order valence-corrected chi connectivity index (χ0v) is 8.80. The Balaban J connectivity index is 2.34. The van der Waals surface area contributed by atoms with Crippen LogP contribution in [0.3, 0.4) is 0 Å². The first-order valence-electron chi connectivity index (χ1n) is 5.03. The summed E-state index contributed by atoms with van der Waals surface area (Å²) in [5, 5.41) is 3.53. The van der Waals surface area contributed by atoms with Gasteiger partial charge in [-0.25, -0.2) is 0 Å². The van der Waals surface area contributed by atoms with Crippen molar-refractivity contribution in [2.45, 2.75) is 39.3 Å². The molecule has 1 N–H and O–H groups in total. The van der Waals surface area contributed by atoms with Crippen LogP contribution in [0.4, 0.5) is 0 Å². The molecule has 0 saturated carbocycles. The SMILES string of the molecule is CC(C)C[C@@H]1CN[C@@H](C)CN1C. The third kappa shape index (κ3) is 2.76. The maximum Gasteiger partial charge on any atom is 0.0220 e. The molecular formula is C10H22N2. The molecule has 0 radical (unpaired) electrons. The Labute approximate surface area is 76.3 Å². The van der Waals surface area contributed by atoms with Gasteiger partial charge in [0, 0.05) is 25.2 Å². The van der Waals surface area contributed by atoms with Crippen molar-refractivity contribution >= 4 is 0 Å². The smallest absolute Gasteiger partial charge is 0.0220 e. The Kier molecular flexibility index (Phi) is 3.53. The molecule has 1 rings (SSSR count). The lowest BCUT2D eigenvalue weighted by Crippen LogP contribution is -2.54. The molecule has 12 heavy (non-hydrogen) atoms. The average Bonchev–Trinajstić information content (AvgIpc) is 1.94. The predicted molar refractivity (Wildman–Crippen MR) is 53.3 cm³/mol. The van der Waals surface area contributed by atoms with E-state index >= 15 is 0 Å². The summed E-state index contributed by atoms with van der Waals surface area (Å²) in [6.07, 6.45) is 1.32. The van der Waals surface area contributed by atoms with Crippen LogP contribution < -0.4 is 5.32 Å². The van der Waals surface area contributed by atoms with Gasteiger partial charge in [0.05, 0.1) is 0 Å². The lowest BCUT2D eigenvalue weighted by molar-refractivity contribution is 0.150. The highest BCUT2D eigenvalue weighted by atomic mass is 15.2. The number of nitrogens with zero attached hydrogens (tertiary/aromatic N) is 1. The molecule has 1 heterocycles. The van der Waals surface area contributed by atoms with Crippen LogP contribution in [0.5, 0.6) is 0 Å². The Hall–Kier alpha value is -0.0800. The van der Waals surface area contributed by atoms with Crippen molar-refractivity contribution in [3.63, 3.8) is 0 Å². The predicted octanol–water partition coefficient (Wildman–Crippen LogP) is 1.32. The number of nitrogens with one attached hydrogen (secondary N) is 1. The first-order valence-corrected chi connectivity index (χ1v) is 5.03. The van der Waals surface area contributed by atoms with Crippen LogP contribution in [0.25, 0.3) is 0 Å². The first-order chi connectivity index (χ1) is 5.59. The van der Waals surface area contributed by atoms with Gasteiger partial charge in [0.1, 0.15) is 0 Å². The summed E-state index contributed by atoms with van der Waals surface area (Å²) < 4.78 is 0. The highest BCUT2D eigenvalue weighted by Crippen LogP contribution is 2.12. The van der Waals surface area contributed by atoms with Crippen molar-refractivity contribution in [2.24, 2.45) is 5.92 Å². The van der Waals surface area contributed by atoms with Gasteiger partial charge in [-0.2, -0.15) is 0 Å². The topological polar surface area (TPSA) is 15.3 Å². The summed E-state index contributed by atoms with van der Waals surface area (Å²) in [5.74, 6) is 0.813. The second-order valence-electron chi connectivity index (χ2n) is 4.53. The molecule has 2 heteroatoms. The molecule has 1 fully saturated rings. The lowest BCUT2D eigenvalue weighted by Gasteiger charge is -2.37. The summed E-state index contributed by atoms with van der Waals surface area (Å²) in [7, 11) is 2.24. The summed E-state index contributed by atoms with van der Waals surface area (Å²) in [6.45, 7) is 9.20. The van der Waals surface area contributed by atoms with Gasteiger partial charge in [-0.15, -0.1) is 0 Å². The van der Waals surface area contributed by atoms with E-state index in [-0.39, 0.29) is 0 Å². The molecule has 1 aliphatic rings. The summed E-state index contributed by atoms with van der Waals surface area (Å²) in [4.78, 5) is 2.49. The van der Waals surface area contributed by atoms with Gasteiger partial charge in [0.25, 0.3) is 0 Å². The van der Waals surface area contributed by atoms with Crippen LogP contribution in [-0.2, 0) is 0 Å². The Morgan fingerprint density at radius 3 is 2.67 bits per heavy atom. The van der Waals surface area contributed by atoms with Crippen LogP contribution in [0.1, 0.15) is 27.2 Å². The van der Waals surface area contributed by atoms with Gasteiger partial charge < -0.3 is 10.2 Å². The van der Waals surface area contributed by atoms with Crippen molar-refractivity contribution in [3.05, 3.63) is 0 Å². The number of rotatable bonds is 2. The lowest BCUT2D eigenvalue weighted by atomic mass is 10.00. The standard InChI is InChI=1S/C10H22N2/c1-8(2)5-10-6-11-9(3)7-12(10)4/h8-11H,5-7H2,1-4H3/t9-,10+/m0/s1. The quantitative estimate of drug-likeness (QED) is 0.672. The maximum atomic E-state index is 3.53. The fourth-order valence-corrected chi connectivity index (χ4v) is 1.95. The van der Waals surface area contributed by atoms with Crippen LogP contribution in [0.2, 0.25) is 0 Å². The van der Waals surface area contributed by atoms with E-state index in [9.17, 15) is 0 Å². The van der Waals surface area contributed by atoms with E-state index in [4.69, 9.17) is 0 Å². The number of hydrogen-bond acceptors (Lipinski definition) is 2. The van der Waals surface area contributed by atoms with E-state index in [1.165, 1.54) is 13.0 Å². The number of hydrogen-bond donors (Lipinski definition) is 1. The third-order valence-electron chi connectivity index (χ3n) is 2.63. The molecule has 0 aromatic carbocycles. The molecule has 0 amide bonds. The highest BCUT2D eigenvalue weighted by Gasteiger charge is 2.22. The minimum absolute atomic E-state index is 0.665. The first kappa shape index (κ1) is 10.0. The molecule has 1 saturated heterocycles. The normalized spacial score (nSPS) is 32.8. The molecule has 0 bridgehead atoms. The molecular weight excluding hydrogens is 148 g/mol. The molecule has 0 unspecified atom stereocenters. The maximum absolute atomic E-state index is 3.53. The molecule has 1 aliphatic heterocycles.